The van der Waals surface area contributed by atoms with Gasteiger partial charge in [0, 0.05) is 11.4 Å². The van der Waals surface area contributed by atoms with Crippen LogP contribution < -0.4 is 10.6 Å². The maximum atomic E-state index is 12.8. The van der Waals surface area contributed by atoms with E-state index in [-0.39, 0.29) is 24.4 Å². The molecule has 30 heavy (non-hydrogen) atoms. The molecule has 1 aromatic heterocycles. The van der Waals surface area contributed by atoms with Crippen LogP contribution in [0.1, 0.15) is 39.0 Å². The van der Waals surface area contributed by atoms with Crippen molar-refractivity contribution < 1.29 is 33.0 Å². The zero-order chi connectivity index (χ0) is 22.3. The second-order valence-electron chi connectivity index (χ2n) is 6.25. The zero-order valence-corrected chi connectivity index (χ0v) is 16.8. The number of nitrogens with one attached hydrogen (secondary N) is 3. The number of rotatable bonds is 8. The zero-order valence-electron chi connectivity index (χ0n) is 16.8. The number of halogens is 1. The van der Waals surface area contributed by atoms with E-state index in [0.717, 1.165) is 0 Å². The van der Waals surface area contributed by atoms with Gasteiger partial charge in [-0.1, -0.05) is 0 Å². The van der Waals surface area contributed by atoms with Crippen LogP contribution in [0.2, 0.25) is 0 Å². The van der Waals surface area contributed by atoms with Crippen molar-refractivity contribution in [3.05, 3.63) is 52.6 Å². The van der Waals surface area contributed by atoms with Crippen LogP contribution in [-0.4, -0.2) is 48.5 Å². The maximum absolute atomic E-state index is 12.8. The van der Waals surface area contributed by atoms with Gasteiger partial charge in [0.05, 0.1) is 18.7 Å². The first-order valence-corrected chi connectivity index (χ1v) is 9.08. The van der Waals surface area contributed by atoms with Gasteiger partial charge in [-0.25, -0.2) is 14.0 Å². The molecular weight excluding hydrogens is 397 g/mol. The number of hydrogen-bond acceptors (Lipinski definition) is 6. The van der Waals surface area contributed by atoms with E-state index < -0.39 is 36.2 Å². The van der Waals surface area contributed by atoms with Gasteiger partial charge in [0.15, 0.2) is 6.61 Å². The quantitative estimate of drug-likeness (QED) is 0.561. The lowest BCUT2D eigenvalue weighted by atomic mass is 10.1. The van der Waals surface area contributed by atoms with Gasteiger partial charge in [0.2, 0.25) is 5.91 Å². The van der Waals surface area contributed by atoms with E-state index in [1.54, 1.807) is 20.8 Å². The van der Waals surface area contributed by atoms with E-state index in [1.165, 1.54) is 24.3 Å². The normalized spacial score (nSPS) is 10.3. The summed E-state index contributed by atoms with van der Waals surface area (Å²) < 4.78 is 22.7. The highest BCUT2D eigenvalue weighted by Gasteiger charge is 2.24. The Morgan fingerprint density at radius 3 is 2.30 bits per heavy atom. The number of carbonyl (C=O) groups is 4. The second-order valence-corrected chi connectivity index (χ2v) is 6.25. The summed E-state index contributed by atoms with van der Waals surface area (Å²) in [5.41, 5.74) is 1.41. The molecule has 160 valence electrons. The van der Waals surface area contributed by atoms with Gasteiger partial charge in [-0.15, -0.1) is 0 Å². The van der Waals surface area contributed by atoms with Crippen molar-refractivity contribution in [2.75, 3.05) is 25.1 Å². The Bertz CT molecular complexity index is 952. The van der Waals surface area contributed by atoms with Gasteiger partial charge >= 0.3 is 11.9 Å². The molecule has 2 aromatic rings. The number of carbonyl (C=O) groups excluding carboxylic acids is 4. The van der Waals surface area contributed by atoms with Crippen LogP contribution in [-0.2, 0) is 19.1 Å². The maximum Gasteiger partial charge on any atom is 0.355 e. The third kappa shape index (κ3) is 5.90. The molecule has 2 rings (SSSR count). The molecule has 0 aliphatic rings. The lowest BCUT2D eigenvalue weighted by molar-refractivity contribution is -0.126. The molecule has 0 atom stereocenters. The van der Waals surface area contributed by atoms with Gasteiger partial charge < -0.3 is 25.1 Å². The minimum atomic E-state index is -0.789. The van der Waals surface area contributed by atoms with Crippen molar-refractivity contribution in [1.82, 2.24) is 10.3 Å². The Labute approximate surface area is 171 Å². The van der Waals surface area contributed by atoms with Gasteiger partial charge in [-0.2, -0.15) is 0 Å². The fraction of sp³-hybridized carbons (Fsp3) is 0.300. The minimum Gasteiger partial charge on any atom is -0.461 e. The molecule has 0 saturated heterocycles. The molecule has 0 spiro atoms. The molecule has 1 heterocycles. The van der Waals surface area contributed by atoms with E-state index in [2.05, 4.69) is 15.6 Å². The molecule has 0 unspecified atom stereocenters. The lowest BCUT2D eigenvalue weighted by Crippen LogP contribution is -2.35. The predicted octanol–water partition coefficient (Wildman–Crippen LogP) is 1.86. The number of benzene rings is 1. The fourth-order valence-corrected chi connectivity index (χ4v) is 2.64. The van der Waals surface area contributed by atoms with Crippen LogP contribution in [0, 0.1) is 19.7 Å². The van der Waals surface area contributed by atoms with Crippen LogP contribution in [0.15, 0.2) is 24.3 Å². The summed E-state index contributed by atoms with van der Waals surface area (Å²) in [6, 6.07) is 5.13. The SMILES string of the molecule is CCOC(=O)c1[nH]c(C)c(C(=O)OCC(=O)NCC(=O)Nc2ccc(F)cc2)c1C. The third-order valence-corrected chi connectivity index (χ3v) is 4.03. The molecule has 0 saturated carbocycles. The highest BCUT2D eigenvalue weighted by molar-refractivity contribution is 5.99. The summed E-state index contributed by atoms with van der Waals surface area (Å²) in [4.78, 5) is 50.6. The second kappa shape index (κ2) is 10.2. The van der Waals surface area contributed by atoms with E-state index in [9.17, 15) is 23.6 Å². The summed E-state index contributed by atoms with van der Waals surface area (Å²) in [6.45, 7) is 4.03. The van der Waals surface area contributed by atoms with Crippen molar-refractivity contribution in [3.8, 4) is 0 Å². The molecule has 10 heteroatoms. The number of anilines is 1. The van der Waals surface area contributed by atoms with Crippen LogP contribution in [0.5, 0.6) is 0 Å². The Morgan fingerprint density at radius 2 is 1.67 bits per heavy atom. The Morgan fingerprint density at radius 1 is 1.00 bits per heavy atom. The van der Waals surface area contributed by atoms with Crippen molar-refractivity contribution in [1.29, 1.82) is 0 Å². The lowest BCUT2D eigenvalue weighted by Gasteiger charge is -2.08. The van der Waals surface area contributed by atoms with E-state index in [1.807, 2.05) is 0 Å². The number of amides is 2. The van der Waals surface area contributed by atoms with Crippen molar-refractivity contribution in [2.45, 2.75) is 20.8 Å². The van der Waals surface area contributed by atoms with Crippen LogP contribution in [0.3, 0.4) is 0 Å². The van der Waals surface area contributed by atoms with Crippen LogP contribution in [0.25, 0.3) is 0 Å². The Balaban J connectivity index is 1.84. The van der Waals surface area contributed by atoms with Crippen molar-refractivity contribution in [2.24, 2.45) is 0 Å². The first-order valence-electron chi connectivity index (χ1n) is 9.08. The number of H-pyrrole nitrogens is 1. The highest BCUT2D eigenvalue weighted by Crippen LogP contribution is 2.19. The monoisotopic (exact) mass is 419 g/mol. The standard InChI is InChI=1S/C20H22FN3O6/c1-4-29-20(28)18-11(2)17(12(3)23-18)19(27)30-10-16(26)22-9-15(25)24-14-7-5-13(21)6-8-14/h5-8,23H,4,9-10H2,1-3H3,(H,22,26)(H,24,25). The number of ether oxygens (including phenoxy) is 2. The molecule has 0 fully saturated rings. The molecule has 3 N–H and O–H groups in total. The summed E-state index contributed by atoms with van der Waals surface area (Å²) in [7, 11) is 0. The predicted molar refractivity (Wildman–Crippen MR) is 105 cm³/mol. The van der Waals surface area contributed by atoms with Crippen molar-refractivity contribution in [3.63, 3.8) is 0 Å². The van der Waals surface area contributed by atoms with E-state index >= 15 is 0 Å². The summed E-state index contributed by atoms with van der Waals surface area (Å²) >= 11 is 0. The molecule has 2 amide bonds. The van der Waals surface area contributed by atoms with Gasteiger partial charge in [0.1, 0.15) is 11.5 Å². The number of hydrogen-bond donors (Lipinski definition) is 3. The number of esters is 2. The molecule has 0 bridgehead atoms. The molecular formula is C20H22FN3O6. The number of aromatic nitrogens is 1. The van der Waals surface area contributed by atoms with Crippen molar-refractivity contribution >= 4 is 29.4 Å². The largest absolute Gasteiger partial charge is 0.461 e. The Hall–Kier alpha value is -3.69. The fourth-order valence-electron chi connectivity index (χ4n) is 2.64. The summed E-state index contributed by atoms with van der Waals surface area (Å²) in [5.74, 6) is -3.04. The smallest absolute Gasteiger partial charge is 0.355 e. The summed E-state index contributed by atoms with van der Waals surface area (Å²) in [5, 5.41) is 4.78. The molecule has 0 aliphatic carbocycles. The number of aryl methyl sites for hydroxylation is 1. The average molecular weight is 419 g/mol. The van der Waals surface area contributed by atoms with E-state index in [4.69, 9.17) is 9.47 Å². The topological polar surface area (TPSA) is 127 Å². The highest BCUT2D eigenvalue weighted by atomic mass is 19.1. The first-order chi connectivity index (χ1) is 14.2. The van der Waals surface area contributed by atoms with Gasteiger partial charge in [-0.3, -0.25) is 9.59 Å². The van der Waals surface area contributed by atoms with Gasteiger partial charge in [0.25, 0.3) is 5.91 Å². The molecule has 0 radical (unpaired) electrons. The van der Waals surface area contributed by atoms with Crippen LogP contribution >= 0.6 is 0 Å². The minimum absolute atomic E-state index is 0.139. The van der Waals surface area contributed by atoms with E-state index in [0.29, 0.717) is 16.9 Å². The summed E-state index contributed by atoms with van der Waals surface area (Å²) in [6.07, 6.45) is 0. The molecule has 1 aromatic carbocycles. The number of aromatic amines is 1. The third-order valence-electron chi connectivity index (χ3n) is 4.03. The molecule has 9 nitrogen and oxygen atoms in total. The molecule has 0 aliphatic heterocycles. The Kier molecular flexibility index (Phi) is 7.68. The van der Waals surface area contributed by atoms with Gasteiger partial charge in [-0.05, 0) is 50.6 Å². The average Bonchev–Trinajstić information content (AvgIpc) is 3.00. The first kappa shape index (κ1) is 22.6. The van der Waals surface area contributed by atoms with Crippen LogP contribution in [0.4, 0.5) is 10.1 Å².